The van der Waals surface area contributed by atoms with Crippen LogP contribution in [0.15, 0.2) is 60.8 Å². The average Bonchev–Trinajstić information content (AvgIpc) is 4.10. The summed E-state index contributed by atoms with van der Waals surface area (Å²) in [6.07, 6.45) is 12.6. The largest absolute Gasteiger partial charge is 0.508 e. The smallest absolute Gasteiger partial charge is 0.409 e. The molecule has 2 bridgehead atoms. The van der Waals surface area contributed by atoms with Crippen molar-refractivity contribution in [2.75, 3.05) is 62.7 Å². The maximum atomic E-state index is 17.3. The highest BCUT2D eigenvalue weighted by Gasteiger charge is 2.52. The summed E-state index contributed by atoms with van der Waals surface area (Å²) >= 11 is 0. The number of terminal acetylenes is 1. The highest BCUT2D eigenvalue weighted by Crippen LogP contribution is 2.45. The van der Waals surface area contributed by atoms with Gasteiger partial charge in [0.2, 0.25) is 11.8 Å². The molecule has 5 aromatic rings. The molecule has 386 valence electrons. The van der Waals surface area contributed by atoms with Gasteiger partial charge in [0.1, 0.15) is 47.9 Å². The number of likely N-dealkylation sites (tertiary alicyclic amines) is 1. The number of halogens is 2. The summed E-state index contributed by atoms with van der Waals surface area (Å²) in [5.74, 6) is -0.743. The van der Waals surface area contributed by atoms with Gasteiger partial charge in [0.25, 0.3) is 11.8 Å². The molecule has 0 saturated carbocycles. The number of imide groups is 2. The molecule has 6 fully saturated rings. The van der Waals surface area contributed by atoms with Gasteiger partial charge in [-0.3, -0.25) is 39.3 Å². The fourth-order valence-electron chi connectivity index (χ4n) is 12.6. The number of benzene rings is 3. The summed E-state index contributed by atoms with van der Waals surface area (Å²) in [6.45, 7) is 8.13. The van der Waals surface area contributed by atoms with Gasteiger partial charge in [0.15, 0.2) is 5.82 Å². The molecule has 20 heteroatoms. The van der Waals surface area contributed by atoms with Gasteiger partial charge >= 0.3 is 12.1 Å². The van der Waals surface area contributed by atoms with Crippen molar-refractivity contribution in [3.05, 3.63) is 89.1 Å². The molecule has 75 heavy (non-hydrogen) atoms. The Balaban J connectivity index is 0.700. The normalized spacial score (nSPS) is 24.8. The molecule has 6 saturated heterocycles. The van der Waals surface area contributed by atoms with E-state index in [0.717, 1.165) is 49.0 Å². The number of aromatic hydroxyl groups is 1. The van der Waals surface area contributed by atoms with E-state index in [2.05, 4.69) is 43.2 Å². The Labute approximate surface area is 429 Å². The van der Waals surface area contributed by atoms with Crippen molar-refractivity contribution in [1.82, 2.24) is 40.3 Å². The number of carbonyl (C=O) groups excluding carboxylic acids is 5. The molecule has 4 N–H and O–H groups in total. The van der Waals surface area contributed by atoms with E-state index in [0.29, 0.717) is 68.0 Å². The van der Waals surface area contributed by atoms with Gasteiger partial charge < -0.3 is 35.0 Å². The highest BCUT2D eigenvalue weighted by atomic mass is 19.1. The van der Waals surface area contributed by atoms with E-state index in [1.165, 1.54) is 30.5 Å². The predicted molar refractivity (Wildman–Crippen MR) is 271 cm³/mol. The van der Waals surface area contributed by atoms with Crippen LogP contribution in [-0.2, 0) is 14.3 Å². The summed E-state index contributed by atoms with van der Waals surface area (Å²) in [4.78, 5) is 85.4. The first-order valence-electron chi connectivity index (χ1n) is 25.6. The lowest BCUT2D eigenvalue weighted by atomic mass is 9.94. The third kappa shape index (κ3) is 8.60. The van der Waals surface area contributed by atoms with Gasteiger partial charge in [-0.15, -0.1) is 6.42 Å². The molecule has 2 aromatic heterocycles. The molecule has 9 heterocycles. The zero-order valence-corrected chi connectivity index (χ0v) is 41.0. The molecular formula is C55H54F2N10O8. The number of carbonyl (C=O) groups is 5. The Morgan fingerprint density at radius 2 is 1.75 bits per heavy atom. The van der Waals surface area contributed by atoms with Gasteiger partial charge in [-0.05, 0) is 99.1 Å². The lowest BCUT2D eigenvalue weighted by molar-refractivity contribution is -0.136. The fourth-order valence-corrected chi connectivity index (χ4v) is 12.6. The molecule has 5 amide bonds. The molecule has 0 aliphatic carbocycles. The van der Waals surface area contributed by atoms with Gasteiger partial charge in [-0.25, -0.2) is 13.6 Å². The minimum atomic E-state index is -1.04. The van der Waals surface area contributed by atoms with E-state index in [1.54, 1.807) is 23.1 Å². The second-order valence-corrected chi connectivity index (χ2v) is 21.1. The molecule has 7 aliphatic heterocycles. The van der Waals surface area contributed by atoms with Crippen LogP contribution in [0.25, 0.3) is 32.9 Å². The van der Waals surface area contributed by atoms with Crippen LogP contribution >= 0.6 is 0 Å². The number of ether oxygens (including phenoxy) is 2. The number of rotatable bonds is 11. The number of hydrogen-bond donors (Lipinski definition) is 4. The minimum Gasteiger partial charge on any atom is -0.508 e. The van der Waals surface area contributed by atoms with Gasteiger partial charge in [0.05, 0.1) is 27.6 Å². The van der Waals surface area contributed by atoms with Crippen molar-refractivity contribution in [2.45, 2.75) is 87.5 Å². The molecule has 12 rings (SSSR count). The fraction of sp³-hybridized carbons (Fsp3) is 0.418. The van der Waals surface area contributed by atoms with Crippen LogP contribution in [0.4, 0.5) is 25.1 Å². The Morgan fingerprint density at radius 1 is 0.960 bits per heavy atom. The molecule has 3 unspecified atom stereocenters. The Hall–Kier alpha value is -7.76. The molecule has 7 aliphatic rings. The van der Waals surface area contributed by atoms with Crippen LogP contribution in [-0.4, -0.2) is 147 Å². The monoisotopic (exact) mass is 1020 g/mol. The second-order valence-electron chi connectivity index (χ2n) is 21.1. The second kappa shape index (κ2) is 18.9. The van der Waals surface area contributed by atoms with Crippen molar-refractivity contribution in [2.24, 2.45) is 5.92 Å². The van der Waals surface area contributed by atoms with Crippen molar-refractivity contribution in [3.8, 4) is 35.4 Å². The molecular weight excluding hydrogens is 967 g/mol. The Kier molecular flexibility index (Phi) is 12.1. The van der Waals surface area contributed by atoms with E-state index < -0.39 is 46.8 Å². The third-order valence-electron chi connectivity index (χ3n) is 16.4. The third-order valence-corrected chi connectivity index (χ3v) is 16.4. The first-order chi connectivity index (χ1) is 36.2. The summed E-state index contributed by atoms with van der Waals surface area (Å²) in [5.41, 5.74) is 1.41. The van der Waals surface area contributed by atoms with Crippen LogP contribution in [0.2, 0.25) is 0 Å². The molecule has 0 radical (unpaired) electrons. The molecule has 18 nitrogen and oxygen atoms in total. The zero-order chi connectivity index (χ0) is 51.9. The van der Waals surface area contributed by atoms with E-state index in [9.17, 15) is 29.1 Å². The minimum absolute atomic E-state index is 0.0203. The van der Waals surface area contributed by atoms with Crippen LogP contribution in [0.3, 0.4) is 0 Å². The number of piperidine rings is 2. The van der Waals surface area contributed by atoms with E-state index in [1.807, 2.05) is 0 Å². The number of nitrogens with one attached hydrogen (secondary N) is 3. The number of hydrogen-bond acceptors (Lipinski definition) is 15. The predicted octanol–water partition coefficient (Wildman–Crippen LogP) is 5.65. The van der Waals surface area contributed by atoms with Gasteiger partial charge in [-0.1, -0.05) is 24.1 Å². The number of phenols is 1. The molecule has 3 aromatic carbocycles. The number of pyridine rings is 1. The van der Waals surface area contributed by atoms with Crippen molar-refractivity contribution >= 4 is 62.9 Å². The Bertz CT molecular complexity index is 3310. The van der Waals surface area contributed by atoms with Gasteiger partial charge in [-0.2, -0.15) is 9.97 Å². The maximum Gasteiger partial charge on any atom is 0.409 e. The first kappa shape index (κ1) is 48.2. The summed E-state index contributed by atoms with van der Waals surface area (Å²) in [7, 11) is 0. The van der Waals surface area contributed by atoms with Crippen molar-refractivity contribution in [1.29, 1.82) is 0 Å². The van der Waals surface area contributed by atoms with Crippen molar-refractivity contribution in [3.63, 3.8) is 0 Å². The number of amides is 5. The average molecular weight is 1020 g/mol. The number of aromatic nitrogens is 3. The van der Waals surface area contributed by atoms with Crippen LogP contribution in [0.5, 0.6) is 11.8 Å². The first-order valence-corrected chi connectivity index (χ1v) is 25.6. The zero-order valence-electron chi connectivity index (χ0n) is 41.0. The van der Waals surface area contributed by atoms with Crippen LogP contribution < -0.4 is 25.6 Å². The highest BCUT2D eigenvalue weighted by molar-refractivity contribution is 6.23. The lowest BCUT2D eigenvalue weighted by Crippen LogP contribution is -2.54. The van der Waals surface area contributed by atoms with E-state index in [4.69, 9.17) is 25.9 Å². The van der Waals surface area contributed by atoms with Crippen LogP contribution in [0, 0.1) is 29.9 Å². The van der Waals surface area contributed by atoms with E-state index >= 15 is 8.78 Å². The SMILES string of the molecule is C#Cc1c(F)ccc2cc(O)cc(-c3ncc4c(N5CC6CCC(C5)N6)nc(OC[C@@]56CC[C@@H](COC(=O)N7CCC(CNc8ccc9c(c8)C(=O)N(C8CCC(=O)NC8=O)C9=O)CC7)N5CC(=C)C6)nc4c3F)c12. The standard InChI is InChI=1S/C55H54F2N10O8/c1-3-37-42(56)9-4-31-18-36(68)20-40(45(31)37)47-46(57)48-41(23-59-47)49(65-25-33-5-6-34(26-65)60-33)63-53(62-48)75-28-55-15-12-35(66(55)24-29(2)21-55)27-74-54(73)64-16-13-30(14-17-64)22-58-32-7-8-38-39(19-32)52(72)67(51(38)71)43-10-11-44(69)61-50(43)70/h1,4,7-9,18-20,23,30,33-35,43,58,60,68H,2,5-6,10-17,21-22,24-28H2,(H,61,69,70)/t33?,34?,35-,43?,55-/m0/s1. The maximum absolute atomic E-state index is 17.3. The number of piperazine rings is 1. The Morgan fingerprint density at radius 3 is 2.52 bits per heavy atom. The quantitative estimate of drug-likeness (QED) is 0.0715. The summed E-state index contributed by atoms with van der Waals surface area (Å²) < 4.78 is 44.9. The van der Waals surface area contributed by atoms with E-state index in [-0.39, 0.29) is 107 Å². The topological polar surface area (TPSA) is 212 Å². The number of phenolic OH excluding ortho intramolecular Hbond substituents is 1. The lowest BCUT2D eigenvalue weighted by Gasteiger charge is -2.35. The number of anilines is 2. The molecule has 5 atom stereocenters. The number of nitrogens with zero attached hydrogens (tertiary/aromatic N) is 7. The van der Waals surface area contributed by atoms with Crippen LogP contribution in [0.1, 0.15) is 84.1 Å². The van der Waals surface area contributed by atoms with Gasteiger partial charge in [0, 0.05) is 86.6 Å². The number of fused-ring (bicyclic) bond motifs is 6. The molecule has 0 spiro atoms. The summed E-state index contributed by atoms with van der Waals surface area (Å²) in [6, 6.07) is 9.68. The summed E-state index contributed by atoms with van der Waals surface area (Å²) in [5, 5.41) is 21.0. The van der Waals surface area contributed by atoms with Crippen molar-refractivity contribution < 1.29 is 47.3 Å².